The molecular weight excluding hydrogens is 223 g/mol. The molecule has 1 atom stereocenters. The minimum atomic E-state index is -1.13. The van der Waals surface area contributed by atoms with Gasteiger partial charge in [-0.25, -0.2) is 0 Å². The first-order valence-corrected chi connectivity index (χ1v) is 4.82. The first-order chi connectivity index (χ1) is 6.42. The van der Waals surface area contributed by atoms with Crippen LogP contribution in [0.3, 0.4) is 0 Å². The number of hydrogen-bond donors (Lipinski definition) is 0. The van der Waals surface area contributed by atoms with Gasteiger partial charge in [-0.2, -0.15) is 0 Å². The molecule has 0 amide bonds. The number of rotatable bonds is 2. The number of halogens is 2. The molecule has 2 nitrogen and oxygen atoms in total. The third kappa shape index (κ3) is 2.89. The van der Waals surface area contributed by atoms with Crippen LogP contribution < -0.4 is 0 Å². The highest BCUT2D eigenvalue weighted by Crippen LogP contribution is 2.30. The normalized spacial score (nSPS) is 14.6. The first kappa shape index (κ1) is 11.3. The van der Waals surface area contributed by atoms with Gasteiger partial charge in [0.25, 0.3) is 0 Å². The number of carbonyl (C=O) groups excluding carboxylic acids is 1. The van der Waals surface area contributed by atoms with Gasteiger partial charge in [-0.05, 0) is 19.1 Å². The Kier molecular flexibility index (Phi) is 3.40. The summed E-state index contributed by atoms with van der Waals surface area (Å²) >= 11 is 11.7. The molecule has 1 rings (SSSR count). The Morgan fingerprint density at radius 3 is 2.29 bits per heavy atom. The molecule has 0 aromatic heterocycles. The largest absolute Gasteiger partial charge is 0.439 e. The van der Waals surface area contributed by atoms with Crippen LogP contribution in [0.1, 0.15) is 19.4 Å². The Bertz CT molecular complexity index is 330. The number of alkyl halides is 1. The predicted molar refractivity (Wildman–Crippen MR) is 56.4 cm³/mol. The number of carbonyl (C=O) groups is 1. The summed E-state index contributed by atoms with van der Waals surface area (Å²) < 4.78 is 4.95. The second-order valence-corrected chi connectivity index (χ2v) is 4.18. The lowest BCUT2D eigenvalue weighted by Gasteiger charge is -2.22. The van der Waals surface area contributed by atoms with E-state index in [-0.39, 0.29) is 0 Å². The fourth-order valence-corrected chi connectivity index (χ4v) is 1.44. The molecule has 4 heteroatoms. The minimum absolute atomic E-state index is 0.419. The van der Waals surface area contributed by atoms with Crippen LogP contribution >= 0.6 is 23.2 Å². The third-order valence-electron chi connectivity index (χ3n) is 1.70. The van der Waals surface area contributed by atoms with E-state index in [4.69, 9.17) is 27.9 Å². The summed E-state index contributed by atoms with van der Waals surface area (Å²) in [5.41, 5.74) is 0.693. The number of esters is 1. The number of ether oxygens (including phenoxy) is 1. The van der Waals surface area contributed by atoms with Crippen molar-refractivity contribution in [2.45, 2.75) is 18.9 Å². The van der Waals surface area contributed by atoms with E-state index in [1.807, 2.05) is 0 Å². The van der Waals surface area contributed by atoms with Gasteiger partial charge >= 0.3 is 5.97 Å². The lowest BCUT2D eigenvalue weighted by molar-refractivity contribution is -0.148. The molecule has 76 valence electrons. The van der Waals surface area contributed by atoms with Crippen LogP contribution in [0.5, 0.6) is 0 Å². The van der Waals surface area contributed by atoms with Gasteiger partial charge in [-0.1, -0.05) is 35.3 Å². The highest BCUT2D eigenvalue weighted by molar-refractivity contribution is 6.30. The highest BCUT2D eigenvalue weighted by Gasteiger charge is 2.26. The highest BCUT2D eigenvalue weighted by atomic mass is 35.5. The van der Waals surface area contributed by atoms with Crippen molar-refractivity contribution >= 4 is 29.2 Å². The summed E-state index contributed by atoms with van der Waals surface area (Å²) in [7, 11) is 0. The molecule has 1 unspecified atom stereocenters. The molecule has 0 N–H and O–H groups in total. The standard InChI is InChI=1S/C10H10Cl2O2/c1-7(13)14-10(2,12)8-3-5-9(11)6-4-8/h3-6H,1-2H3. The fourth-order valence-electron chi connectivity index (χ4n) is 1.08. The zero-order valence-corrected chi connectivity index (χ0v) is 9.39. The Balaban J connectivity index is 2.91. The van der Waals surface area contributed by atoms with Crippen LogP contribution in [-0.2, 0) is 14.6 Å². The van der Waals surface area contributed by atoms with Gasteiger partial charge in [0, 0.05) is 17.5 Å². The van der Waals surface area contributed by atoms with Gasteiger partial charge in [-0.3, -0.25) is 4.79 Å². The lowest BCUT2D eigenvalue weighted by atomic mass is 10.1. The molecule has 0 aliphatic rings. The van der Waals surface area contributed by atoms with E-state index in [1.54, 1.807) is 31.2 Å². The van der Waals surface area contributed by atoms with Crippen molar-refractivity contribution in [3.63, 3.8) is 0 Å². The van der Waals surface area contributed by atoms with E-state index in [1.165, 1.54) is 6.92 Å². The molecule has 14 heavy (non-hydrogen) atoms. The van der Waals surface area contributed by atoms with Crippen LogP contribution in [0.25, 0.3) is 0 Å². The molecule has 0 fully saturated rings. The minimum Gasteiger partial charge on any atom is -0.439 e. The van der Waals surface area contributed by atoms with E-state index in [2.05, 4.69) is 0 Å². The van der Waals surface area contributed by atoms with Gasteiger partial charge < -0.3 is 4.74 Å². The van der Waals surface area contributed by atoms with Crippen LogP contribution in [0.2, 0.25) is 5.02 Å². The molecule has 0 bridgehead atoms. The smallest absolute Gasteiger partial charge is 0.304 e. The third-order valence-corrected chi connectivity index (χ3v) is 2.24. The van der Waals surface area contributed by atoms with Crippen LogP contribution in [-0.4, -0.2) is 5.97 Å². The van der Waals surface area contributed by atoms with Gasteiger partial charge in [0.05, 0.1) is 0 Å². The second-order valence-electron chi connectivity index (χ2n) is 3.02. The second kappa shape index (κ2) is 4.20. The van der Waals surface area contributed by atoms with Crippen LogP contribution in [0.15, 0.2) is 24.3 Å². The molecule has 0 radical (unpaired) electrons. The summed E-state index contributed by atoms with van der Waals surface area (Å²) in [5.74, 6) is -0.419. The SMILES string of the molecule is CC(=O)OC(C)(Cl)c1ccc(Cl)cc1. The van der Waals surface area contributed by atoms with Crippen molar-refractivity contribution in [2.75, 3.05) is 0 Å². The van der Waals surface area contributed by atoms with Crippen molar-refractivity contribution in [1.29, 1.82) is 0 Å². The molecule has 0 spiro atoms. The Morgan fingerprint density at radius 2 is 1.86 bits per heavy atom. The Labute approximate surface area is 92.8 Å². The molecule has 1 aromatic rings. The predicted octanol–water partition coefficient (Wildman–Crippen LogP) is 3.31. The lowest BCUT2D eigenvalue weighted by Crippen LogP contribution is -2.21. The maximum absolute atomic E-state index is 10.8. The van der Waals surface area contributed by atoms with Crippen molar-refractivity contribution in [2.24, 2.45) is 0 Å². The van der Waals surface area contributed by atoms with Crippen molar-refractivity contribution in [3.8, 4) is 0 Å². The summed E-state index contributed by atoms with van der Waals surface area (Å²) in [5, 5.41) is -0.514. The first-order valence-electron chi connectivity index (χ1n) is 4.06. The van der Waals surface area contributed by atoms with Gasteiger partial charge in [0.2, 0.25) is 5.06 Å². The quantitative estimate of drug-likeness (QED) is 0.578. The molecule has 0 aliphatic heterocycles. The van der Waals surface area contributed by atoms with E-state index >= 15 is 0 Å². The van der Waals surface area contributed by atoms with E-state index in [0.717, 1.165) is 0 Å². The zero-order valence-electron chi connectivity index (χ0n) is 7.88. The zero-order chi connectivity index (χ0) is 10.8. The van der Waals surface area contributed by atoms with Crippen LogP contribution in [0.4, 0.5) is 0 Å². The van der Waals surface area contributed by atoms with Crippen LogP contribution in [0, 0.1) is 0 Å². The van der Waals surface area contributed by atoms with Crippen molar-refractivity contribution < 1.29 is 9.53 Å². The Hall–Kier alpha value is -0.730. The number of benzene rings is 1. The summed E-state index contributed by atoms with van der Waals surface area (Å²) in [6.07, 6.45) is 0. The summed E-state index contributed by atoms with van der Waals surface area (Å²) in [6, 6.07) is 6.83. The van der Waals surface area contributed by atoms with E-state index in [9.17, 15) is 4.79 Å². The molecular formula is C10H10Cl2O2. The topological polar surface area (TPSA) is 26.3 Å². The summed E-state index contributed by atoms with van der Waals surface area (Å²) in [6.45, 7) is 2.93. The average molecular weight is 233 g/mol. The van der Waals surface area contributed by atoms with Crippen molar-refractivity contribution in [3.05, 3.63) is 34.9 Å². The maximum atomic E-state index is 10.8. The van der Waals surface area contributed by atoms with Gasteiger partial charge in [0.15, 0.2) is 0 Å². The van der Waals surface area contributed by atoms with Crippen molar-refractivity contribution in [1.82, 2.24) is 0 Å². The maximum Gasteiger partial charge on any atom is 0.304 e. The van der Waals surface area contributed by atoms with Gasteiger partial charge in [0.1, 0.15) is 0 Å². The number of hydrogen-bond acceptors (Lipinski definition) is 2. The van der Waals surface area contributed by atoms with Gasteiger partial charge in [-0.15, -0.1) is 0 Å². The van der Waals surface area contributed by atoms with E-state index < -0.39 is 11.0 Å². The average Bonchev–Trinajstić information content (AvgIpc) is 2.02. The Morgan fingerprint density at radius 1 is 1.36 bits per heavy atom. The molecule has 0 aliphatic carbocycles. The fraction of sp³-hybridized carbons (Fsp3) is 0.300. The molecule has 1 aromatic carbocycles. The molecule has 0 heterocycles. The monoisotopic (exact) mass is 232 g/mol. The molecule has 0 saturated carbocycles. The summed E-state index contributed by atoms with van der Waals surface area (Å²) in [4.78, 5) is 10.8. The van der Waals surface area contributed by atoms with E-state index in [0.29, 0.717) is 10.6 Å². The molecule has 0 saturated heterocycles.